The van der Waals surface area contributed by atoms with Crippen LogP contribution in [0.25, 0.3) is 10.9 Å². The van der Waals surface area contributed by atoms with Crippen molar-refractivity contribution in [2.24, 2.45) is 0 Å². The summed E-state index contributed by atoms with van der Waals surface area (Å²) < 4.78 is 0. The highest BCUT2D eigenvalue weighted by Gasteiger charge is 2.22. The van der Waals surface area contributed by atoms with Gasteiger partial charge in [-0.1, -0.05) is 11.6 Å². The molecule has 1 aromatic carbocycles. The van der Waals surface area contributed by atoms with Crippen LogP contribution in [-0.2, 0) is 9.59 Å². The molecule has 2 amide bonds. The molecule has 1 aliphatic heterocycles. The number of pyridine rings is 1. The van der Waals surface area contributed by atoms with E-state index in [1.807, 2.05) is 12.1 Å². The van der Waals surface area contributed by atoms with Crippen LogP contribution >= 0.6 is 11.6 Å². The summed E-state index contributed by atoms with van der Waals surface area (Å²) in [6.07, 6.45) is 4.26. The van der Waals surface area contributed by atoms with Crippen molar-refractivity contribution >= 4 is 40.0 Å². The molecule has 0 saturated carbocycles. The van der Waals surface area contributed by atoms with E-state index in [0.717, 1.165) is 16.6 Å². The van der Waals surface area contributed by atoms with Crippen LogP contribution in [0.2, 0.25) is 5.02 Å². The molecule has 0 aliphatic carbocycles. The zero-order valence-corrected chi connectivity index (χ0v) is 11.8. The second-order valence-corrected chi connectivity index (χ2v) is 5.04. The first-order valence-corrected chi connectivity index (χ1v) is 6.84. The van der Waals surface area contributed by atoms with Gasteiger partial charge in [-0.05, 0) is 24.3 Å². The van der Waals surface area contributed by atoms with Crippen LogP contribution in [0.4, 0.5) is 5.69 Å². The van der Waals surface area contributed by atoms with Gasteiger partial charge in [0.25, 0.3) is 11.8 Å². The molecular weight excluding hydrogens is 290 g/mol. The Kier molecular flexibility index (Phi) is 3.58. The lowest BCUT2D eigenvalue weighted by atomic mass is 10.2. The highest BCUT2D eigenvalue weighted by Crippen LogP contribution is 2.24. The number of carbonyl (C=O) groups excluding carboxylic acids is 2. The van der Waals surface area contributed by atoms with Gasteiger partial charge in [-0.2, -0.15) is 0 Å². The highest BCUT2D eigenvalue weighted by molar-refractivity contribution is 6.31. The summed E-state index contributed by atoms with van der Waals surface area (Å²) in [7, 11) is 0. The molecule has 21 heavy (non-hydrogen) atoms. The van der Waals surface area contributed by atoms with E-state index in [1.54, 1.807) is 18.3 Å². The maximum Gasteiger partial charge on any atom is 0.253 e. The summed E-state index contributed by atoms with van der Waals surface area (Å²) in [5, 5.41) is 4.79. The molecule has 0 spiro atoms. The van der Waals surface area contributed by atoms with Gasteiger partial charge in [0.2, 0.25) is 0 Å². The maximum absolute atomic E-state index is 11.4. The Bertz CT molecular complexity index is 740. The molecule has 2 aromatic rings. The van der Waals surface area contributed by atoms with E-state index < -0.39 is 0 Å². The lowest BCUT2D eigenvalue weighted by Crippen LogP contribution is -2.34. The smallest absolute Gasteiger partial charge is 0.253 e. The van der Waals surface area contributed by atoms with Crippen LogP contribution in [0.15, 0.2) is 42.6 Å². The molecule has 5 nitrogen and oxygen atoms in total. The Labute approximate surface area is 126 Å². The van der Waals surface area contributed by atoms with Gasteiger partial charge in [-0.25, -0.2) is 0 Å². The van der Waals surface area contributed by atoms with E-state index in [1.165, 1.54) is 17.1 Å². The Balaban J connectivity index is 1.71. The van der Waals surface area contributed by atoms with Crippen molar-refractivity contribution < 1.29 is 9.59 Å². The fourth-order valence-corrected chi connectivity index (χ4v) is 2.40. The predicted molar refractivity (Wildman–Crippen MR) is 81.1 cm³/mol. The molecule has 0 saturated heterocycles. The third-order valence-corrected chi connectivity index (χ3v) is 3.49. The first-order chi connectivity index (χ1) is 10.1. The highest BCUT2D eigenvalue weighted by atomic mass is 35.5. The number of benzene rings is 1. The number of carbonyl (C=O) groups is 2. The first-order valence-electron chi connectivity index (χ1n) is 6.47. The van der Waals surface area contributed by atoms with Gasteiger partial charge in [0, 0.05) is 47.5 Å². The fraction of sp³-hybridized carbons (Fsp3) is 0.133. The number of amides is 2. The van der Waals surface area contributed by atoms with Gasteiger partial charge in [0.15, 0.2) is 0 Å². The Hall–Kier alpha value is -2.40. The SMILES string of the molecule is O=C1C=CC(=O)N1CCNc1ccnc2cc(Cl)ccc12. The lowest BCUT2D eigenvalue weighted by Gasteiger charge is -2.15. The number of aromatic nitrogens is 1. The Morgan fingerprint density at radius 3 is 2.67 bits per heavy atom. The third-order valence-electron chi connectivity index (χ3n) is 3.26. The van der Waals surface area contributed by atoms with Crippen molar-refractivity contribution in [3.05, 3.63) is 47.6 Å². The normalized spacial score (nSPS) is 14.2. The van der Waals surface area contributed by atoms with Crippen molar-refractivity contribution in [1.29, 1.82) is 0 Å². The fourth-order valence-electron chi connectivity index (χ4n) is 2.23. The number of halogens is 1. The average Bonchev–Trinajstić information content (AvgIpc) is 2.78. The number of hydrogen-bond acceptors (Lipinski definition) is 4. The lowest BCUT2D eigenvalue weighted by molar-refractivity contribution is -0.136. The molecule has 0 radical (unpaired) electrons. The molecule has 1 N–H and O–H groups in total. The molecule has 0 bridgehead atoms. The summed E-state index contributed by atoms with van der Waals surface area (Å²) in [4.78, 5) is 28.3. The molecule has 0 atom stereocenters. The minimum Gasteiger partial charge on any atom is -0.383 e. The number of rotatable bonds is 4. The van der Waals surface area contributed by atoms with Crippen molar-refractivity contribution in [1.82, 2.24) is 9.88 Å². The largest absolute Gasteiger partial charge is 0.383 e. The second kappa shape index (κ2) is 5.54. The molecule has 1 aliphatic rings. The van der Waals surface area contributed by atoms with Crippen LogP contribution in [0.3, 0.4) is 0 Å². The van der Waals surface area contributed by atoms with Crippen molar-refractivity contribution in [2.75, 3.05) is 18.4 Å². The maximum atomic E-state index is 11.4. The zero-order valence-electron chi connectivity index (χ0n) is 11.0. The van der Waals surface area contributed by atoms with E-state index in [0.29, 0.717) is 18.1 Å². The number of anilines is 1. The van der Waals surface area contributed by atoms with Crippen LogP contribution in [0.5, 0.6) is 0 Å². The van der Waals surface area contributed by atoms with Crippen LogP contribution in [0, 0.1) is 0 Å². The number of fused-ring (bicyclic) bond motifs is 1. The third kappa shape index (κ3) is 2.73. The summed E-state index contributed by atoms with van der Waals surface area (Å²) in [5.41, 5.74) is 1.69. The summed E-state index contributed by atoms with van der Waals surface area (Å²) in [5.74, 6) is -0.540. The molecule has 106 valence electrons. The summed E-state index contributed by atoms with van der Waals surface area (Å²) in [6, 6.07) is 7.33. The van der Waals surface area contributed by atoms with Gasteiger partial charge in [0.05, 0.1) is 5.52 Å². The minimum absolute atomic E-state index is 0.270. The van der Waals surface area contributed by atoms with Crippen molar-refractivity contribution in [3.8, 4) is 0 Å². The summed E-state index contributed by atoms with van der Waals surface area (Å²) in [6.45, 7) is 0.795. The van der Waals surface area contributed by atoms with Gasteiger partial charge < -0.3 is 5.32 Å². The molecular formula is C15H12ClN3O2. The average molecular weight is 302 g/mol. The number of nitrogens with one attached hydrogen (secondary N) is 1. The van der Waals surface area contributed by atoms with Crippen LogP contribution < -0.4 is 5.32 Å². The van der Waals surface area contributed by atoms with E-state index in [4.69, 9.17) is 11.6 Å². The number of hydrogen-bond donors (Lipinski definition) is 1. The Morgan fingerprint density at radius 1 is 1.14 bits per heavy atom. The minimum atomic E-state index is -0.270. The quantitative estimate of drug-likeness (QED) is 0.880. The number of imide groups is 1. The molecule has 6 heteroatoms. The Morgan fingerprint density at radius 2 is 1.90 bits per heavy atom. The van der Waals surface area contributed by atoms with E-state index in [9.17, 15) is 9.59 Å². The predicted octanol–water partition coefficient (Wildman–Crippen LogP) is 2.23. The monoisotopic (exact) mass is 301 g/mol. The van der Waals surface area contributed by atoms with Crippen LogP contribution in [-0.4, -0.2) is 34.8 Å². The topological polar surface area (TPSA) is 62.3 Å². The zero-order chi connectivity index (χ0) is 14.8. The molecule has 1 aromatic heterocycles. The van der Waals surface area contributed by atoms with Gasteiger partial charge in [0.1, 0.15) is 0 Å². The first kappa shape index (κ1) is 13.6. The van der Waals surface area contributed by atoms with E-state index >= 15 is 0 Å². The molecule has 3 rings (SSSR count). The molecule has 0 fully saturated rings. The standard InChI is InChI=1S/C15H12ClN3O2/c16-10-1-2-11-12(5-6-17-13(11)9-10)18-7-8-19-14(20)3-4-15(19)21/h1-6,9H,7-8H2,(H,17,18). The van der Waals surface area contributed by atoms with E-state index in [-0.39, 0.29) is 11.8 Å². The van der Waals surface area contributed by atoms with Crippen molar-refractivity contribution in [3.63, 3.8) is 0 Å². The molecule has 2 heterocycles. The van der Waals surface area contributed by atoms with Crippen molar-refractivity contribution in [2.45, 2.75) is 0 Å². The van der Waals surface area contributed by atoms with Crippen LogP contribution in [0.1, 0.15) is 0 Å². The molecule has 0 unspecified atom stereocenters. The summed E-state index contributed by atoms with van der Waals surface area (Å²) >= 11 is 5.94. The van der Waals surface area contributed by atoms with Gasteiger partial charge in [-0.15, -0.1) is 0 Å². The van der Waals surface area contributed by atoms with E-state index in [2.05, 4.69) is 10.3 Å². The van der Waals surface area contributed by atoms with Gasteiger partial charge in [-0.3, -0.25) is 19.5 Å². The second-order valence-electron chi connectivity index (χ2n) is 4.61. The van der Waals surface area contributed by atoms with Gasteiger partial charge >= 0.3 is 0 Å². The number of nitrogens with zero attached hydrogens (tertiary/aromatic N) is 2.